The van der Waals surface area contributed by atoms with Gasteiger partial charge in [-0.05, 0) is 51.7 Å². The van der Waals surface area contributed by atoms with Gasteiger partial charge < -0.3 is 5.11 Å². The molecule has 0 fully saturated rings. The summed E-state index contributed by atoms with van der Waals surface area (Å²) in [5.41, 5.74) is 6.62. The fourth-order valence-corrected chi connectivity index (χ4v) is 3.66. The Hall–Kier alpha value is -2.80. The molecule has 1 N–H and O–H groups in total. The summed E-state index contributed by atoms with van der Waals surface area (Å²) in [6, 6.07) is 25.3. The normalized spacial score (nSPS) is 12.8. The van der Waals surface area contributed by atoms with E-state index in [0.717, 1.165) is 17.5 Å². The van der Waals surface area contributed by atoms with Gasteiger partial charge in [0.1, 0.15) is 5.75 Å². The highest BCUT2D eigenvalue weighted by Crippen LogP contribution is 2.39. The van der Waals surface area contributed by atoms with Crippen LogP contribution in [0.1, 0.15) is 69.4 Å². The molecule has 156 valence electrons. The zero-order chi connectivity index (χ0) is 21.9. The number of benzene rings is 3. The molecule has 3 rings (SSSR count). The van der Waals surface area contributed by atoms with E-state index in [-0.39, 0.29) is 10.8 Å². The van der Waals surface area contributed by atoms with E-state index in [1.807, 2.05) is 12.1 Å². The standard InChI is InChI=1S/C29H34O/c1-28(2,3)25-19-24(27(30)26(20-25)29(4,5)6)18-23(22-15-11-8-12-16-22)17-21-13-9-7-10-14-21/h7-16,18-20,30H,17H2,1-6H3. The number of hydrogen-bond acceptors (Lipinski definition) is 1. The van der Waals surface area contributed by atoms with Crippen LogP contribution in [0.25, 0.3) is 11.6 Å². The molecule has 3 aromatic rings. The third kappa shape index (κ3) is 5.21. The fraction of sp³-hybridized carbons (Fsp3) is 0.310. The molecule has 0 aliphatic carbocycles. The molecule has 0 saturated carbocycles. The second-order valence-electron chi connectivity index (χ2n) is 10.2. The predicted octanol–water partition coefficient (Wildman–Crippen LogP) is 7.77. The Labute approximate surface area is 182 Å². The molecule has 1 nitrogen and oxygen atoms in total. The van der Waals surface area contributed by atoms with Crippen LogP contribution in [0.15, 0.2) is 72.8 Å². The first-order chi connectivity index (χ1) is 14.1. The minimum atomic E-state index is -0.139. The molecule has 1 heteroatoms. The molecule has 0 aliphatic rings. The van der Waals surface area contributed by atoms with Crippen molar-refractivity contribution in [1.29, 1.82) is 0 Å². The first-order valence-corrected chi connectivity index (χ1v) is 10.7. The summed E-state index contributed by atoms with van der Waals surface area (Å²) in [6.45, 7) is 13.1. The summed E-state index contributed by atoms with van der Waals surface area (Å²) in [5, 5.41) is 11.2. The number of phenolic OH excluding ortho intramolecular Hbond substituents is 1. The van der Waals surface area contributed by atoms with Crippen molar-refractivity contribution in [3.63, 3.8) is 0 Å². The van der Waals surface area contributed by atoms with Crippen LogP contribution in [-0.2, 0) is 17.3 Å². The maximum Gasteiger partial charge on any atom is 0.126 e. The summed E-state index contributed by atoms with van der Waals surface area (Å²) in [7, 11) is 0. The quantitative estimate of drug-likeness (QED) is 0.445. The van der Waals surface area contributed by atoms with Gasteiger partial charge in [-0.2, -0.15) is 0 Å². The van der Waals surface area contributed by atoms with Gasteiger partial charge in [-0.25, -0.2) is 0 Å². The van der Waals surface area contributed by atoms with Crippen molar-refractivity contribution in [2.45, 2.75) is 58.8 Å². The number of aromatic hydroxyl groups is 1. The molecular formula is C29H34O. The molecule has 0 heterocycles. The van der Waals surface area contributed by atoms with E-state index < -0.39 is 0 Å². The third-order valence-electron chi connectivity index (χ3n) is 5.53. The lowest BCUT2D eigenvalue weighted by Crippen LogP contribution is -2.17. The van der Waals surface area contributed by atoms with Crippen LogP contribution in [0.2, 0.25) is 0 Å². The lowest BCUT2D eigenvalue weighted by molar-refractivity contribution is 0.443. The van der Waals surface area contributed by atoms with Crippen molar-refractivity contribution in [3.8, 4) is 5.75 Å². The van der Waals surface area contributed by atoms with Gasteiger partial charge in [0.15, 0.2) is 0 Å². The van der Waals surface area contributed by atoms with Crippen molar-refractivity contribution < 1.29 is 5.11 Å². The van der Waals surface area contributed by atoms with E-state index in [0.29, 0.717) is 5.75 Å². The molecule has 0 atom stereocenters. The van der Waals surface area contributed by atoms with Crippen LogP contribution in [0.4, 0.5) is 0 Å². The van der Waals surface area contributed by atoms with Gasteiger partial charge in [0, 0.05) is 11.1 Å². The van der Waals surface area contributed by atoms with Crippen molar-refractivity contribution in [1.82, 2.24) is 0 Å². The van der Waals surface area contributed by atoms with Gasteiger partial charge in [-0.15, -0.1) is 0 Å². The molecule has 0 spiro atoms. The van der Waals surface area contributed by atoms with E-state index in [1.165, 1.54) is 22.3 Å². The van der Waals surface area contributed by atoms with Crippen molar-refractivity contribution in [3.05, 3.63) is 101 Å². The van der Waals surface area contributed by atoms with Crippen molar-refractivity contribution in [2.75, 3.05) is 0 Å². The average Bonchev–Trinajstić information content (AvgIpc) is 2.68. The summed E-state index contributed by atoms with van der Waals surface area (Å²) in [6.07, 6.45) is 2.98. The largest absolute Gasteiger partial charge is 0.507 e. The van der Waals surface area contributed by atoms with Gasteiger partial charge in [0.05, 0.1) is 0 Å². The Morgan fingerprint density at radius 1 is 0.767 bits per heavy atom. The molecule has 0 saturated heterocycles. The van der Waals surface area contributed by atoms with E-state index in [9.17, 15) is 5.11 Å². The van der Waals surface area contributed by atoms with Crippen LogP contribution >= 0.6 is 0 Å². The SMILES string of the molecule is CC(C)(C)c1cc(C=C(Cc2ccccc2)c2ccccc2)c(O)c(C(C)(C)C)c1. The Bertz CT molecular complexity index is 1010. The van der Waals surface area contributed by atoms with Crippen molar-refractivity contribution >= 4 is 11.6 Å². The maximum atomic E-state index is 11.2. The summed E-state index contributed by atoms with van der Waals surface area (Å²) in [5.74, 6) is 0.386. The fourth-order valence-electron chi connectivity index (χ4n) is 3.66. The van der Waals surface area contributed by atoms with E-state index >= 15 is 0 Å². The third-order valence-corrected chi connectivity index (χ3v) is 5.53. The Kier molecular flexibility index (Phi) is 6.22. The van der Waals surface area contributed by atoms with Crippen LogP contribution < -0.4 is 0 Å². The van der Waals surface area contributed by atoms with Crippen molar-refractivity contribution in [2.24, 2.45) is 0 Å². The molecule has 0 bridgehead atoms. The van der Waals surface area contributed by atoms with Crippen LogP contribution in [0.5, 0.6) is 5.75 Å². The topological polar surface area (TPSA) is 20.2 Å². The van der Waals surface area contributed by atoms with Crippen LogP contribution in [0.3, 0.4) is 0 Å². The zero-order valence-corrected chi connectivity index (χ0v) is 19.2. The number of hydrogen-bond donors (Lipinski definition) is 1. The monoisotopic (exact) mass is 398 g/mol. The van der Waals surface area contributed by atoms with E-state index in [2.05, 4.69) is 108 Å². The molecule has 3 aromatic carbocycles. The molecular weight excluding hydrogens is 364 g/mol. The van der Waals surface area contributed by atoms with Gasteiger partial charge >= 0.3 is 0 Å². The van der Waals surface area contributed by atoms with Gasteiger partial charge in [0.25, 0.3) is 0 Å². The summed E-state index contributed by atoms with van der Waals surface area (Å²) >= 11 is 0. The van der Waals surface area contributed by atoms with Gasteiger partial charge in [-0.1, -0.05) is 108 Å². The smallest absolute Gasteiger partial charge is 0.126 e. The van der Waals surface area contributed by atoms with Crippen LogP contribution in [0, 0.1) is 0 Å². The Morgan fingerprint density at radius 3 is 1.87 bits per heavy atom. The predicted molar refractivity (Wildman–Crippen MR) is 130 cm³/mol. The highest BCUT2D eigenvalue weighted by molar-refractivity contribution is 5.85. The van der Waals surface area contributed by atoms with Gasteiger partial charge in [-0.3, -0.25) is 0 Å². The Morgan fingerprint density at radius 2 is 1.33 bits per heavy atom. The zero-order valence-electron chi connectivity index (χ0n) is 19.2. The first kappa shape index (κ1) is 21.9. The molecule has 0 radical (unpaired) electrons. The average molecular weight is 399 g/mol. The maximum absolute atomic E-state index is 11.2. The van der Waals surface area contributed by atoms with Gasteiger partial charge in [0.2, 0.25) is 0 Å². The minimum absolute atomic E-state index is 0.00261. The minimum Gasteiger partial charge on any atom is -0.507 e. The highest BCUT2D eigenvalue weighted by atomic mass is 16.3. The Balaban J connectivity index is 2.21. The lowest BCUT2D eigenvalue weighted by atomic mass is 9.78. The first-order valence-electron chi connectivity index (χ1n) is 10.7. The molecule has 0 aromatic heterocycles. The molecule has 0 unspecified atom stereocenters. The second-order valence-corrected chi connectivity index (χ2v) is 10.2. The number of allylic oxidation sites excluding steroid dienone is 1. The van der Waals surface area contributed by atoms with E-state index in [1.54, 1.807) is 0 Å². The summed E-state index contributed by atoms with van der Waals surface area (Å²) < 4.78 is 0. The highest BCUT2D eigenvalue weighted by Gasteiger charge is 2.24. The summed E-state index contributed by atoms with van der Waals surface area (Å²) in [4.78, 5) is 0. The molecule has 0 amide bonds. The van der Waals surface area contributed by atoms with Crippen LogP contribution in [-0.4, -0.2) is 5.11 Å². The molecule has 30 heavy (non-hydrogen) atoms. The number of phenols is 1. The number of rotatable bonds is 4. The van der Waals surface area contributed by atoms with E-state index in [4.69, 9.17) is 0 Å². The lowest BCUT2D eigenvalue weighted by Gasteiger charge is -2.27. The second kappa shape index (κ2) is 8.52. The molecule has 0 aliphatic heterocycles.